The Hall–Kier alpha value is -0.920. The van der Waals surface area contributed by atoms with Crippen molar-refractivity contribution in [2.24, 2.45) is 5.92 Å². The highest BCUT2D eigenvalue weighted by atomic mass is 32.2. The molecule has 3 heterocycles. The average molecular weight is 371 g/mol. The summed E-state index contributed by atoms with van der Waals surface area (Å²) in [5, 5.41) is 1.78. The molecule has 0 saturated carbocycles. The summed E-state index contributed by atoms with van der Waals surface area (Å²) in [4.78, 5) is 14.8. The van der Waals surface area contributed by atoms with Crippen molar-refractivity contribution in [3.05, 3.63) is 17.5 Å². The molecular weight excluding hydrogens is 344 g/mol. The van der Waals surface area contributed by atoms with Crippen molar-refractivity contribution in [3.63, 3.8) is 0 Å². The number of piperidine rings is 1. The van der Waals surface area contributed by atoms with Gasteiger partial charge in [0.15, 0.2) is 0 Å². The number of likely N-dealkylation sites (tertiary alicyclic amines) is 1. The fourth-order valence-electron chi connectivity index (χ4n) is 3.61. The van der Waals surface area contributed by atoms with Gasteiger partial charge in [0, 0.05) is 32.1 Å². The molecule has 1 amide bonds. The van der Waals surface area contributed by atoms with Gasteiger partial charge < -0.3 is 4.90 Å². The van der Waals surface area contributed by atoms with Crippen molar-refractivity contribution in [1.29, 1.82) is 0 Å². The van der Waals surface area contributed by atoms with Crippen LogP contribution in [0.1, 0.15) is 44.9 Å². The number of carbonyl (C=O) groups excluding carboxylic acids is 1. The van der Waals surface area contributed by atoms with Crippen LogP contribution < -0.4 is 0 Å². The molecule has 0 atom stereocenters. The molecule has 0 N–H and O–H groups in total. The van der Waals surface area contributed by atoms with E-state index >= 15 is 0 Å². The maximum atomic E-state index is 12.8. The Balaban J connectivity index is 1.57. The van der Waals surface area contributed by atoms with Gasteiger partial charge in [-0.15, -0.1) is 11.3 Å². The molecule has 0 unspecified atom stereocenters. The van der Waals surface area contributed by atoms with Crippen LogP contribution >= 0.6 is 11.3 Å². The normalized spacial score (nSPS) is 22.1. The molecular formula is C17H26N2O3S2. The van der Waals surface area contributed by atoms with Gasteiger partial charge in [0.05, 0.1) is 0 Å². The molecule has 134 valence electrons. The molecule has 7 heteroatoms. The highest BCUT2D eigenvalue weighted by Crippen LogP contribution is 2.27. The van der Waals surface area contributed by atoms with Crippen LogP contribution in [0.4, 0.5) is 0 Å². The molecule has 3 rings (SSSR count). The lowest BCUT2D eigenvalue weighted by Crippen LogP contribution is -2.45. The first-order valence-electron chi connectivity index (χ1n) is 8.91. The first-order chi connectivity index (χ1) is 11.6. The largest absolute Gasteiger partial charge is 0.342 e. The summed E-state index contributed by atoms with van der Waals surface area (Å²) >= 11 is 1.25. The molecule has 2 aliphatic heterocycles. The lowest BCUT2D eigenvalue weighted by atomic mass is 9.95. The molecule has 0 bridgehead atoms. The summed E-state index contributed by atoms with van der Waals surface area (Å²) in [7, 11) is -3.38. The molecule has 0 spiro atoms. The standard InChI is InChI=1S/C17H26N2O3S2/c20-17(18-10-4-2-1-3-5-11-18)15-8-12-19(13-9-15)24(21,22)16-7-6-14-23-16/h6-7,14-15H,1-5,8-13H2. The second kappa shape index (κ2) is 7.97. The van der Waals surface area contributed by atoms with Gasteiger partial charge in [-0.05, 0) is 37.1 Å². The summed E-state index contributed by atoms with van der Waals surface area (Å²) in [5.74, 6) is 0.226. The minimum atomic E-state index is -3.38. The summed E-state index contributed by atoms with van der Waals surface area (Å²) in [6.45, 7) is 2.63. The first kappa shape index (κ1) is 17.9. The fraction of sp³-hybridized carbons (Fsp3) is 0.706. The van der Waals surface area contributed by atoms with Gasteiger partial charge in [0.2, 0.25) is 5.91 Å². The SMILES string of the molecule is O=C(C1CCN(S(=O)(=O)c2cccs2)CC1)N1CCCCCCC1. The van der Waals surface area contributed by atoms with Crippen LogP contribution in [0, 0.1) is 5.92 Å². The molecule has 2 saturated heterocycles. The average Bonchev–Trinajstić information content (AvgIpc) is 3.09. The third kappa shape index (κ3) is 4.00. The summed E-state index contributed by atoms with van der Waals surface area (Å²) < 4.78 is 27.0. The molecule has 2 fully saturated rings. The predicted octanol–water partition coefficient (Wildman–Crippen LogP) is 2.94. The molecule has 24 heavy (non-hydrogen) atoms. The van der Waals surface area contributed by atoms with Gasteiger partial charge >= 0.3 is 0 Å². The number of amides is 1. The van der Waals surface area contributed by atoms with E-state index in [4.69, 9.17) is 0 Å². The van der Waals surface area contributed by atoms with Crippen molar-refractivity contribution < 1.29 is 13.2 Å². The fourth-order valence-corrected chi connectivity index (χ4v) is 6.22. The van der Waals surface area contributed by atoms with E-state index in [1.54, 1.807) is 17.5 Å². The van der Waals surface area contributed by atoms with E-state index in [9.17, 15) is 13.2 Å². The highest BCUT2D eigenvalue weighted by Gasteiger charge is 2.34. The Morgan fingerprint density at radius 3 is 2.21 bits per heavy atom. The predicted molar refractivity (Wildman–Crippen MR) is 95.5 cm³/mol. The number of hydrogen-bond donors (Lipinski definition) is 0. The van der Waals surface area contributed by atoms with Crippen LogP contribution in [0.15, 0.2) is 21.7 Å². The quantitative estimate of drug-likeness (QED) is 0.822. The van der Waals surface area contributed by atoms with Crippen molar-refractivity contribution in [3.8, 4) is 0 Å². The van der Waals surface area contributed by atoms with E-state index in [2.05, 4.69) is 0 Å². The maximum absolute atomic E-state index is 12.8. The van der Waals surface area contributed by atoms with E-state index in [0.717, 1.165) is 25.9 Å². The minimum absolute atomic E-state index is 0.0146. The van der Waals surface area contributed by atoms with Crippen molar-refractivity contribution in [2.75, 3.05) is 26.2 Å². The van der Waals surface area contributed by atoms with Crippen LogP contribution in [0.25, 0.3) is 0 Å². The second-order valence-electron chi connectivity index (χ2n) is 6.70. The Bertz CT molecular complexity index is 627. The Kier molecular flexibility index (Phi) is 5.94. The Morgan fingerprint density at radius 2 is 1.62 bits per heavy atom. The topological polar surface area (TPSA) is 57.7 Å². The van der Waals surface area contributed by atoms with Crippen LogP contribution in [-0.4, -0.2) is 49.7 Å². The lowest BCUT2D eigenvalue weighted by Gasteiger charge is -2.34. The number of carbonyl (C=O) groups is 1. The smallest absolute Gasteiger partial charge is 0.252 e. The van der Waals surface area contributed by atoms with Gasteiger partial charge in [-0.2, -0.15) is 4.31 Å². The number of rotatable bonds is 3. The number of sulfonamides is 1. The molecule has 1 aromatic heterocycles. The van der Waals surface area contributed by atoms with E-state index in [-0.39, 0.29) is 11.8 Å². The van der Waals surface area contributed by atoms with Crippen molar-refractivity contribution >= 4 is 27.3 Å². The lowest BCUT2D eigenvalue weighted by molar-refractivity contribution is -0.137. The van der Waals surface area contributed by atoms with Crippen LogP contribution in [0.5, 0.6) is 0 Å². The monoisotopic (exact) mass is 370 g/mol. The van der Waals surface area contributed by atoms with Gasteiger partial charge in [-0.25, -0.2) is 8.42 Å². The zero-order valence-corrected chi connectivity index (χ0v) is 15.7. The van der Waals surface area contributed by atoms with E-state index < -0.39 is 10.0 Å². The third-order valence-electron chi connectivity index (χ3n) is 5.06. The zero-order valence-electron chi connectivity index (χ0n) is 14.0. The maximum Gasteiger partial charge on any atom is 0.252 e. The van der Waals surface area contributed by atoms with E-state index in [1.165, 1.54) is 34.9 Å². The highest BCUT2D eigenvalue weighted by molar-refractivity contribution is 7.91. The van der Waals surface area contributed by atoms with Crippen LogP contribution in [0.3, 0.4) is 0 Å². The third-order valence-corrected chi connectivity index (χ3v) is 8.33. The summed E-state index contributed by atoms with van der Waals surface area (Å²) in [6.07, 6.45) is 7.16. The Labute approximate surface area is 148 Å². The Morgan fingerprint density at radius 1 is 1.00 bits per heavy atom. The first-order valence-corrected chi connectivity index (χ1v) is 11.2. The minimum Gasteiger partial charge on any atom is -0.342 e. The van der Waals surface area contributed by atoms with Crippen LogP contribution in [-0.2, 0) is 14.8 Å². The second-order valence-corrected chi connectivity index (χ2v) is 9.82. The number of hydrogen-bond acceptors (Lipinski definition) is 4. The van der Waals surface area contributed by atoms with Gasteiger partial charge in [0.25, 0.3) is 10.0 Å². The van der Waals surface area contributed by atoms with Crippen molar-refractivity contribution in [2.45, 2.75) is 49.2 Å². The van der Waals surface area contributed by atoms with E-state index in [0.29, 0.717) is 30.1 Å². The molecule has 2 aliphatic rings. The molecule has 0 aromatic carbocycles. The zero-order chi connectivity index (χ0) is 17.0. The summed E-state index contributed by atoms with van der Waals surface area (Å²) in [5.41, 5.74) is 0. The van der Waals surface area contributed by atoms with Gasteiger partial charge in [-0.1, -0.05) is 25.3 Å². The number of thiophene rings is 1. The summed E-state index contributed by atoms with van der Waals surface area (Å²) in [6, 6.07) is 3.41. The molecule has 0 radical (unpaired) electrons. The number of nitrogens with zero attached hydrogens (tertiary/aromatic N) is 2. The van der Waals surface area contributed by atoms with Crippen LogP contribution in [0.2, 0.25) is 0 Å². The van der Waals surface area contributed by atoms with Gasteiger partial charge in [-0.3, -0.25) is 4.79 Å². The molecule has 0 aliphatic carbocycles. The van der Waals surface area contributed by atoms with Gasteiger partial charge in [0.1, 0.15) is 4.21 Å². The molecule has 5 nitrogen and oxygen atoms in total. The van der Waals surface area contributed by atoms with E-state index in [1.807, 2.05) is 4.90 Å². The van der Waals surface area contributed by atoms with Crippen molar-refractivity contribution in [1.82, 2.24) is 9.21 Å². The molecule has 1 aromatic rings.